The largest absolute Gasteiger partial charge is 0.493 e. The van der Waals surface area contributed by atoms with Crippen LogP contribution in [-0.2, 0) is 0 Å². The first kappa shape index (κ1) is 18.6. The third kappa shape index (κ3) is 4.02. The zero-order valence-corrected chi connectivity index (χ0v) is 15.6. The van der Waals surface area contributed by atoms with Crippen LogP contribution in [0.4, 0.5) is 0 Å². The van der Waals surface area contributed by atoms with E-state index in [2.05, 4.69) is 0 Å². The summed E-state index contributed by atoms with van der Waals surface area (Å²) in [6.07, 6.45) is 3.32. The smallest absolute Gasteiger partial charge is 0.203 e. The Kier molecular flexibility index (Phi) is 5.86. The van der Waals surface area contributed by atoms with Gasteiger partial charge in [-0.25, -0.2) is 0 Å². The van der Waals surface area contributed by atoms with Gasteiger partial charge in [-0.2, -0.15) is 0 Å². The highest BCUT2D eigenvalue weighted by atomic mass is 16.5. The minimum absolute atomic E-state index is 0.0330. The molecule has 0 aliphatic heterocycles. The van der Waals surface area contributed by atoms with Crippen LogP contribution in [0.2, 0.25) is 0 Å². The molecular weight excluding hydrogens is 316 g/mol. The van der Waals surface area contributed by atoms with Crippen molar-refractivity contribution in [1.82, 2.24) is 0 Å². The molecule has 0 saturated heterocycles. The highest BCUT2D eigenvalue weighted by molar-refractivity contribution is 6.08. The summed E-state index contributed by atoms with van der Waals surface area (Å²) in [4.78, 5) is 12.6. The Balaban J connectivity index is 2.36. The molecule has 0 fully saturated rings. The normalized spacial score (nSPS) is 10.8. The molecule has 25 heavy (non-hydrogen) atoms. The summed E-state index contributed by atoms with van der Waals surface area (Å²) in [5, 5.41) is 0. The lowest BCUT2D eigenvalue weighted by Crippen LogP contribution is -2.00. The van der Waals surface area contributed by atoms with Crippen LogP contribution in [0.15, 0.2) is 30.3 Å². The fraction of sp³-hybridized carbons (Fsp3) is 0.286. The van der Waals surface area contributed by atoms with Gasteiger partial charge in [-0.15, -0.1) is 0 Å². The van der Waals surface area contributed by atoms with Crippen LogP contribution < -0.4 is 14.2 Å². The number of benzene rings is 2. The molecule has 0 aliphatic carbocycles. The zero-order valence-electron chi connectivity index (χ0n) is 15.6. The summed E-state index contributed by atoms with van der Waals surface area (Å²) < 4.78 is 16.0. The maximum atomic E-state index is 12.6. The predicted molar refractivity (Wildman–Crippen MR) is 100 cm³/mol. The van der Waals surface area contributed by atoms with Gasteiger partial charge >= 0.3 is 0 Å². The zero-order chi connectivity index (χ0) is 18.6. The van der Waals surface area contributed by atoms with E-state index in [0.717, 1.165) is 16.7 Å². The van der Waals surface area contributed by atoms with Gasteiger partial charge in [-0.05, 0) is 67.3 Å². The third-order valence-corrected chi connectivity index (χ3v) is 4.22. The van der Waals surface area contributed by atoms with Gasteiger partial charge in [0.2, 0.25) is 5.75 Å². The fourth-order valence-corrected chi connectivity index (χ4v) is 2.69. The van der Waals surface area contributed by atoms with Crippen molar-refractivity contribution in [2.24, 2.45) is 0 Å². The highest BCUT2D eigenvalue weighted by Gasteiger charge is 2.13. The van der Waals surface area contributed by atoms with E-state index in [0.29, 0.717) is 22.8 Å². The fourth-order valence-electron chi connectivity index (χ4n) is 2.69. The van der Waals surface area contributed by atoms with Crippen molar-refractivity contribution in [1.29, 1.82) is 0 Å². The number of rotatable bonds is 6. The van der Waals surface area contributed by atoms with Gasteiger partial charge in [0.1, 0.15) is 0 Å². The molecule has 0 spiro atoms. The monoisotopic (exact) mass is 340 g/mol. The molecule has 0 N–H and O–H groups in total. The number of carbonyl (C=O) groups is 1. The lowest BCUT2D eigenvalue weighted by Gasteiger charge is -2.12. The second-order valence-corrected chi connectivity index (χ2v) is 5.91. The Morgan fingerprint density at radius 2 is 1.36 bits per heavy atom. The van der Waals surface area contributed by atoms with Crippen LogP contribution in [0, 0.1) is 20.8 Å². The summed E-state index contributed by atoms with van der Waals surface area (Å²) in [5.41, 5.74) is 4.77. The molecule has 0 unspecified atom stereocenters. The number of hydrogen-bond donors (Lipinski definition) is 0. The Morgan fingerprint density at radius 1 is 0.800 bits per heavy atom. The van der Waals surface area contributed by atoms with Crippen LogP contribution in [-0.4, -0.2) is 27.1 Å². The molecule has 0 heterocycles. The lowest BCUT2D eigenvalue weighted by molar-refractivity contribution is 0.104. The topological polar surface area (TPSA) is 44.8 Å². The maximum absolute atomic E-state index is 12.6. The molecule has 0 aliphatic rings. The standard InChI is InChI=1S/C21H24O4/c1-13-9-15(3)17(10-14(13)2)18(22)8-7-16-11-19(23-4)21(25-6)20(12-16)24-5/h7-12H,1-6H3/b8-7+. The van der Waals surface area contributed by atoms with Crippen molar-refractivity contribution in [3.8, 4) is 17.2 Å². The van der Waals surface area contributed by atoms with E-state index in [-0.39, 0.29) is 5.78 Å². The van der Waals surface area contributed by atoms with Gasteiger partial charge in [0.25, 0.3) is 0 Å². The molecule has 132 valence electrons. The van der Waals surface area contributed by atoms with Gasteiger partial charge in [-0.3, -0.25) is 4.79 Å². The summed E-state index contributed by atoms with van der Waals surface area (Å²) in [6.45, 7) is 6.00. The SMILES string of the molecule is COc1cc(/C=C/C(=O)c2cc(C)c(C)cc2C)cc(OC)c1OC. The van der Waals surface area contributed by atoms with Crippen molar-refractivity contribution in [2.45, 2.75) is 20.8 Å². The Morgan fingerprint density at radius 3 is 1.88 bits per heavy atom. The average molecular weight is 340 g/mol. The number of allylic oxidation sites excluding steroid dienone is 1. The number of aryl methyl sites for hydroxylation is 3. The van der Waals surface area contributed by atoms with Crippen molar-refractivity contribution < 1.29 is 19.0 Å². The quantitative estimate of drug-likeness (QED) is 0.572. The number of ether oxygens (including phenoxy) is 3. The highest BCUT2D eigenvalue weighted by Crippen LogP contribution is 2.38. The molecule has 2 aromatic carbocycles. The molecule has 2 aromatic rings. The Labute approximate surface area is 149 Å². The van der Waals surface area contributed by atoms with Crippen LogP contribution in [0.3, 0.4) is 0 Å². The second-order valence-electron chi connectivity index (χ2n) is 5.91. The first-order chi connectivity index (χ1) is 11.9. The van der Waals surface area contributed by atoms with Crippen LogP contribution in [0.5, 0.6) is 17.2 Å². The molecule has 4 heteroatoms. The molecule has 0 saturated carbocycles. The van der Waals surface area contributed by atoms with Gasteiger partial charge in [-0.1, -0.05) is 12.1 Å². The van der Waals surface area contributed by atoms with Crippen molar-refractivity contribution >= 4 is 11.9 Å². The van der Waals surface area contributed by atoms with Gasteiger partial charge in [0.15, 0.2) is 17.3 Å². The van der Waals surface area contributed by atoms with E-state index in [1.165, 1.54) is 5.56 Å². The predicted octanol–water partition coefficient (Wildman–Crippen LogP) is 4.53. The van der Waals surface area contributed by atoms with Gasteiger partial charge < -0.3 is 14.2 Å². The summed E-state index contributed by atoms with van der Waals surface area (Å²) in [7, 11) is 4.69. The van der Waals surface area contributed by atoms with E-state index in [1.807, 2.05) is 32.9 Å². The summed E-state index contributed by atoms with van der Waals surface area (Å²) >= 11 is 0. The van der Waals surface area contributed by atoms with E-state index in [1.54, 1.807) is 45.6 Å². The van der Waals surface area contributed by atoms with Crippen molar-refractivity contribution in [2.75, 3.05) is 21.3 Å². The second kappa shape index (κ2) is 7.88. The third-order valence-electron chi connectivity index (χ3n) is 4.22. The average Bonchev–Trinajstić information content (AvgIpc) is 2.61. The summed E-state index contributed by atoms with van der Waals surface area (Å²) in [6, 6.07) is 7.58. The number of hydrogen-bond acceptors (Lipinski definition) is 4. The molecule has 0 aromatic heterocycles. The minimum Gasteiger partial charge on any atom is -0.493 e. The van der Waals surface area contributed by atoms with Crippen molar-refractivity contribution in [3.63, 3.8) is 0 Å². The molecule has 0 atom stereocenters. The molecule has 0 amide bonds. The Bertz CT molecular complexity index is 794. The lowest BCUT2D eigenvalue weighted by atomic mass is 9.97. The summed E-state index contributed by atoms with van der Waals surface area (Å²) in [5.74, 6) is 1.60. The van der Waals surface area contributed by atoms with Gasteiger partial charge in [0.05, 0.1) is 21.3 Å². The van der Waals surface area contributed by atoms with E-state index in [9.17, 15) is 4.79 Å². The molecule has 0 bridgehead atoms. The first-order valence-corrected chi connectivity index (χ1v) is 8.01. The maximum Gasteiger partial charge on any atom is 0.203 e. The number of ketones is 1. The van der Waals surface area contributed by atoms with E-state index < -0.39 is 0 Å². The molecule has 2 rings (SSSR count). The van der Waals surface area contributed by atoms with Crippen molar-refractivity contribution in [3.05, 3.63) is 58.2 Å². The van der Waals surface area contributed by atoms with Crippen LogP contribution in [0.1, 0.15) is 32.6 Å². The molecular formula is C21H24O4. The molecule has 4 nitrogen and oxygen atoms in total. The van der Waals surface area contributed by atoms with Crippen LogP contribution in [0.25, 0.3) is 6.08 Å². The van der Waals surface area contributed by atoms with E-state index >= 15 is 0 Å². The first-order valence-electron chi connectivity index (χ1n) is 8.01. The van der Waals surface area contributed by atoms with Gasteiger partial charge in [0, 0.05) is 5.56 Å². The number of carbonyl (C=O) groups excluding carboxylic acids is 1. The minimum atomic E-state index is -0.0330. The Hall–Kier alpha value is -2.75. The molecule has 0 radical (unpaired) electrons. The van der Waals surface area contributed by atoms with Crippen LogP contribution >= 0.6 is 0 Å². The number of methoxy groups -OCH3 is 3. The van der Waals surface area contributed by atoms with E-state index in [4.69, 9.17) is 14.2 Å².